The lowest BCUT2D eigenvalue weighted by molar-refractivity contribution is -0.136. The van der Waals surface area contributed by atoms with E-state index in [0.29, 0.717) is 18.7 Å². The van der Waals surface area contributed by atoms with Crippen molar-refractivity contribution in [2.24, 2.45) is 0 Å². The van der Waals surface area contributed by atoms with Gasteiger partial charge in [-0.2, -0.15) is 0 Å². The highest BCUT2D eigenvalue weighted by Gasteiger charge is 2.30. The number of ether oxygens (including phenoxy) is 1. The molecule has 2 aromatic rings. The van der Waals surface area contributed by atoms with Crippen LogP contribution < -0.4 is 0 Å². The lowest BCUT2D eigenvalue weighted by Gasteiger charge is -2.37. The van der Waals surface area contributed by atoms with E-state index in [1.54, 1.807) is 18.2 Å². The van der Waals surface area contributed by atoms with Crippen LogP contribution in [-0.4, -0.2) is 49.0 Å². The summed E-state index contributed by atoms with van der Waals surface area (Å²) in [5.74, 6) is -0.343. The molecule has 1 aliphatic rings. The number of benzene rings is 2. The fourth-order valence-corrected chi connectivity index (χ4v) is 4.04. The van der Waals surface area contributed by atoms with Gasteiger partial charge in [0.15, 0.2) is 0 Å². The second-order valence-electron chi connectivity index (χ2n) is 7.96. The summed E-state index contributed by atoms with van der Waals surface area (Å²) in [7, 11) is 4.11. The maximum absolute atomic E-state index is 14.0. The van der Waals surface area contributed by atoms with E-state index in [9.17, 15) is 9.18 Å². The molecule has 1 aliphatic heterocycles. The van der Waals surface area contributed by atoms with E-state index in [0.717, 1.165) is 24.9 Å². The molecule has 3 rings (SSSR count). The summed E-state index contributed by atoms with van der Waals surface area (Å²) in [4.78, 5) is 16.9. The van der Waals surface area contributed by atoms with Crippen LogP contribution in [0.1, 0.15) is 42.6 Å². The van der Waals surface area contributed by atoms with E-state index in [4.69, 9.17) is 4.74 Å². The van der Waals surface area contributed by atoms with E-state index in [1.807, 2.05) is 11.8 Å². The first kappa shape index (κ1) is 21.5. The minimum Gasteiger partial charge on any atom is -0.373 e. The molecule has 1 amide bonds. The molecular formula is C24H31FN2O2. The summed E-state index contributed by atoms with van der Waals surface area (Å²) in [5, 5.41) is 0. The third-order valence-electron chi connectivity index (χ3n) is 5.51. The summed E-state index contributed by atoms with van der Waals surface area (Å²) >= 11 is 0. The van der Waals surface area contributed by atoms with Gasteiger partial charge >= 0.3 is 0 Å². The number of halogens is 1. The molecule has 2 atom stereocenters. The minimum atomic E-state index is -0.320. The molecule has 0 aromatic heterocycles. The molecule has 0 radical (unpaired) electrons. The van der Waals surface area contributed by atoms with Crippen molar-refractivity contribution in [1.82, 2.24) is 9.80 Å². The van der Waals surface area contributed by atoms with Crippen molar-refractivity contribution < 1.29 is 13.9 Å². The van der Waals surface area contributed by atoms with Crippen LogP contribution in [0.15, 0.2) is 48.5 Å². The Morgan fingerprint density at radius 2 is 1.86 bits per heavy atom. The summed E-state index contributed by atoms with van der Waals surface area (Å²) < 4.78 is 20.0. The number of hydrogen-bond acceptors (Lipinski definition) is 3. The van der Waals surface area contributed by atoms with Gasteiger partial charge in [0.1, 0.15) is 5.82 Å². The second-order valence-corrected chi connectivity index (χ2v) is 7.96. The first-order chi connectivity index (χ1) is 14.0. The Labute approximate surface area is 173 Å². The fourth-order valence-electron chi connectivity index (χ4n) is 4.04. The quantitative estimate of drug-likeness (QED) is 0.701. The molecule has 1 saturated heterocycles. The number of hydrogen-bond donors (Lipinski definition) is 0. The van der Waals surface area contributed by atoms with Crippen LogP contribution in [0.4, 0.5) is 4.39 Å². The van der Waals surface area contributed by atoms with Gasteiger partial charge in [-0.05, 0) is 56.6 Å². The average Bonchev–Trinajstić information content (AvgIpc) is 2.71. The summed E-state index contributed by atoms with van der Waals surface area (Å²) in [6.07, 6.45) is 1.66. The van der Waals surface area contributed by atoms with Crippen molar-refractivity contribution in [2.75, 3.05) is 27.2 Å². The van der Waals surface area contributed by atoms with Gasteiger partial charge in [0, 0.05) is 25.7 Å². The lowest BCUT2D eigenvalue weighted by atomic mass is 9.95. The van der Waals surface area contributed by atoms with Crippen molar-refractivity contribution in [1.29, 1.82) is 0 Å². The lowest BCUT2D eigenvalue weighted by Crippen LogP contribution is -2.44. The Morgan fingerprint density at radius 1 is 1.14 bits per heavy atom. The van der Waals surface area contributed by atoms with E-state index >= 15 is 0 Å². The fraction of sp³-hybridized carbons (Fsp3) is 0.458. The molecule has 29 heavy (non-hydrogen) atoms. The Morgan fingerprint density at radius 3 is 2.52 bits per heavy atom. The largest absolute Gasteiger partial charge is 0.373 e. The molecule has 1 heterocycles. The molecule has 4 nitrogen and oxygen atoms in total. The van der Waals surface area contributed by atoms with Gasteiger partial charge in [0.25, 0.3) is 0 Å². The van der Waals surface area contributed by atoms with Crippen molar-refractivity contribution in [3.63, 3.8) is 0 Å². The van der Waals surface area contributed by atoms with Crippen molar-refractivity contribution >= 4 is 5.91 Å². The predicted octanol–water partition coefficient (Wildman–Crippen LogP) is 4.20. The summed E-state index contributed by atoms with van der Waals surface area (Å²) in [6.45, 7) is 4.13. The number of nitrogens with zero attached hydrogens (tertiary/aromatic N) is 2. The van der Waals surface area contributed by atoms with Gasteiger partial charge in [0.05, 0.1) is 12.5 Å². The molecule has 0 spiro atoms. The zero-order valence-electron chi connectivity index (χ0n) is 17.6. The number of likely N-dealkylation sites (N-methyl/N-ethyl adjacent to an activating group) is 1. The van der Waals surface area contributed by atoms with Gasteiger partial charge in [-0.15, -0.1) is 0 Å². The number of amides is 1. The van der Waals surface area contributed by atoms with Crippen LogP contribution in [0.2, 0.25) is 0 Å². The van der Waals surface area contributed by atoms with Crippen molar-refractivity contribution in [3.8, 4) is 0 Å². The first-order valence-electron chi connectivity index (χ1n) is 10.4. The molecule has 0 N–H and O–H groups in total. The monoisotopic (exact) mass is 398 g/mol. The third-order valence-corrected chi connectivity index (χ3v) is 5.51. The molecule has 0 aliphatic carbocycles. The number of carbonyl (C=O) groups excluding carboxylic acids is 1. The Kier molecular flexibility index (Phi) is 7.40. The normalized spacial score (nSPS) is 19.3. The van der Waals surface area contributed by atoms with Crippen molar-refractivity contribution in [3.05, 3.63) is 71.0 Å². The zero-order chi connectivity index (χ0) is 20.8. The smallest absolute Gasteiger partial charge is 0.227 e. The standard InChI is InChI=1S/C24H31FN2O2/c1-4-27(24(28)15-20-7-5-6-8-22(20)25)21-13-14-29-23(16-21)19-11-9-18(10-12-19)17-26(2)3/h5-12,21,23H,4,13-17H2,1-3H3/t21-,23+/m0/s1. The van der Waals surface area contributed by atoms with E-state index < -0.39 is 0 Å². The van der Waals surface area contributed by atoms with Gasteiger partial charge in [0.2, 0.25) is 5.91 Å². The minimum absolute atomic E-state index is 0.0162. The molecule has 0 saturated carbocycles. The molecule has 5 heteroatoms. The van der Waals surface area contributed by atoms with Crippen LogP contribution in [-0.2, 0) is 22.5 Å². The topological polar surface area (TPSA) is 32.8 Å². The van der Waals surface area contributed by atoms with Gasteiger partial charge in [-0.25, -0.2) is 4.39 Å². The molecular weight excluding hydrogens is 367 g/mol. The summed E-state index contributed by atoms with van der Waals surface area (Å²) in [5.41, 5.74) is 2.87. The summed E-state index contributed by atoms with van der Waals surface area (Å²) in [6, 6.07) is 15.2. The maximum atomic E-state index is 14.0. The van der Waals surface area contributed by atoms with Gasteiger partial charge in [-0.1, -0.05) is 42.5 Å². The van der Waals surface area contributed by atoms with Crippen molar-refractivity contribution in [2.45, 2.75) is 44.9 Å². The predicted molar refractivity (Wildman–Crippen MR) is 113 cm³/mol. The number of rotatable bonds is 7. The molecule has 1 fully saturated rings. The number of carbonyl (C=O) groups is 1. The van der Waals surface area contributed by atoms with Crippen LogP contribution in [0, 0.1) is 5.82 Å². The van der Waals surface area contributed by atoms with Crippen LogP contribution in [0.25, 0.3) is 0 Å². The van der Waals surface area contributed by atoms with E-state index in [1.165, 1.54) is 11.6 Å². The van der Waals surface area contributed by atoms with E-state index in [2.05, 4.69) is 43.3 Å². The van der Waals surface area contributed by atoms with Gasteiger partial charge < -0.3 is 14.5 Å². The van der Waals surface area contributed by atoms with Crippen LogP contribution in [0.3, 0.4) is 0 Å². The SMILES string of the molecule is CCN(C(=O)Cc1ccccc1F)[C@H]1CCO[C@@H](c2ccc(CN(C)C)cc2)C1. The zero-order valence-corrected chi connectivity index (χ0v) is 17.6. The van der Waals surface area contributed by atoms with Gasteiger partial charge in [-0.3, -0.25) is 4.79 Å². The average molecular weight is 399 g/mol. The second kappa shape index (κ2) is 9.99. The van der Waals surface area contributed by atoms with Crippen LogP contribution in [0.5, 0.6) is 0 Å². The maximum Gasteiger partial charge on any atom is 0.227 e. The highest BCUT2D eigenvalue weighted by atomic mass is 19.1. The Bertz CT molecular complexity index is 807. The highest BCUT2D eigenvalue weighted by molar-refractivity contribution is 5.79. The Balaban J connectivity index is 1.66. The Hall–Kier alpha value is -2.24. The third kappa shape index (κ3) is 5.64. The molecule has 2 aromatic carbocycles. The first-order valence-corrected chi connectivity index (χ1v) is 10.4. The molecule has 156 valence electrons. The van der Waals surface area contributed by atoms with E-state index in [-0.39, 0.29) is 30.3 Å². The highest BCUT2D eigenvalue weighted by Crippen LogP contribution is 2.31. The molecule has 0 unspecified atom stereocenters. The molecule has 0 bridgehead atoms. The van der Waals surface area contributed by atoms with Crippen LogP contribution >= 0.6 is 0 Å².